The number of carbonyl (C=O) groups excluding carboxylic acids is 1. The number of rotatable bonds is 6. The third-order valence-electron chi connectivity index (χ3n) is 4.24. The lowest BCUT2D eigenvalue weighted by atomic mass is 9.99. The fraction of sp³-hybridized carbons (Fsp3) is 0.857. The van der Waals surface area contributed by atoms with Crippen molar-refractivity contribution in [1.82, 2.24) is 20.4 Å². The molecular formula is C14H28N4O3. The zero-order valence-electron chi connectivity index (χ0n) is 13.4. The number of carboxylic acids is 1. The van der Waals surface area contributed by atoms with Crippen molar-refractivity contribution >= 4 is 12.0 Å². The van der Waals surface area contributed by atoms with Gasteiger partial charge in [-0.25, -0.2) is 9.59 Å². The van der Waals surface area contributed by atoms with Crippen molar-refractivity contribution in [2.24, 2.45) is 5.92 Å². The van der Waals surface area contributed by atoms with E-state index in [2.05, 4.69) is 27.5 Å². The van der Waals surface area contributed by atoms with Crippen LogP contribution >= 0.6 is 0 Å². The molecule has 1 aliphatic rings. The van der Waals surface area contributed by atoms with Gasteiger partial charge in [0.1, 0.15) is 6.04 Å². The zero-order chi connectivity index (χ0) is 16.0. The summed E-state index contributed by atoms with van der Waals surface area (Å²) in [4.78, 5) is 27.5. The lowest BCUT2D eigenvalue weighted by molar-refractivity contribution is -0.140. The molecule has 21 heavy (non-hydrogen) atoms. The van der Waals surface area contributed by atoms with Gasteiger partial charge in [0.25, 0.3) is 0 Å². The number of aliphatic carboxylic acids is 1. The summed E-state index contributed by atoms with van der Waals surface area (Å²) in [5.41, 5.74) is 0. The number of nitrogens with zero attached hydrogens (tertiary/aromatic N) is 2. The van der Waals surface area contributed by atoms with Gasteiger partial charge in [0.15, 0.2) is 0 Å². The highest BCUT2D eigenvalue weighted by molar-refractivity contribution is 5.82. The van der Waals surface area contributed by atoms with Crippen molar-refractivity contribution < 1.29 is 14.7 Å². The summed E-state index contributed by atoms with van der Waals surface area (Å²) in [7, 11) is 4.10. The first-order valence-corrected chi connectivity index (χ1v) is 7.51. The molecular weight excluding hydrogens is 272 g/mol. The van der Waals surface area contributed by atoms with Crippen LogP contribution in [0.5, 0.6) is 0 Å². The van der Waals surface area contributed by atoms with Crippen LogP contribution in [0.3, 0.4) is 0 Å². The molecule has 0 aliphatic carbocycles. The van der Waals surface area contributed by atoms with E-state index in [0.29, 0.717) is 13.0 Å². The summed E-state index contributed by atoms with van der Waals surface area (Å²) >= 11 is 0. The Morgan fingerprint density at radius 1 is 1.33 bits per heavy atom. The smallest absolute Gasteiger partial charge is 0.326 e. The van der Waals surface area contributed by atoms with Crippen LogP contribution in [-0.2, 0) is 4.79 Å². The molecule has 122 valence electrons. The van der Waals surface area contributed by atoms with Crippen molar-refractivity contribution in [3.63, 3.8) is 0 Å². The predicted octanol–water partition coefficient (Wildman–Crippen LogP) is 0.0307. The first kappa shape index (κ1) is 17.7. The van der Waals surface area contributed by atoms with Crippen molar-refractivity contribution in [3.8, 4) is 0 Å². The van der Waals surface area contributed by atoms with E-state index in [1.54, 1.807) is 0 Å². The minimum Gasteiger partial charge on any atom is -0.480 e. The van der Waals surface area contributed by atoms with E-state index >= 15 is 0 Å². The number of carbonyl (C=O) groups is 2. The SMILES string of the molecule is CC[C@H](C)[C@H](NC(=O)NCC1CN(C)CCN1C)C(=O)O. The monoisotopic (exact) mass is 300 g/mol. The van der Waals surface area contributed by atoms with Gasteiger partial charge >= 0.3 is 12.0 Å². The van der Waals surface area contributed by atoms with Crippen molar-refractivity contribution in [2.75, 3.05) is 40.3 Å². The molecule has 0 aromatic rings. The molecule has 0 bridgehead atoms. The van der Waals surface area contributed by atoms with Gasteiger partial charge in [-0.15, -0.1) is 0 Å². The maximum absolute atomic E-state index is 11.9. The van der Waals surface area contributed by atoms with Crippen LogP contribution in [-0.4, -0.2) is 79.3 Å². The number of likely N-dealkylation sites (N-methyl/N-ethyl adjacent to an activating group) is 2. The molecule has 0 aromatic carbocycles. The molecule has 0 spiro atoms. The predicted molar refractivity (Wildman–Crippen MR) is 81.3 cm³/mol. The van der Waals surface area contributed by atoms with E-state index in [0.717, 1.165) is 19.6 Å². The van der Waals surface area contributed by atoms with Gasteiger partial charge in [-0.2, -0.15) is 0 Å². The lowest BCUT2D eigenvalue weighted by Gasteiger charge is -2.37. The summed E-state index contributed by atoms with van der Waals surface area (Å²) in [5.74, 6) is -1.09. The fourth-order valence-electron chi connectivity index (χ4n) is 2.41. The highest BCUT2D eigenvalue weighted by Crippen LogP contribution is 2.08. The van der Waals surface area contributed by atoms with Gasteiger partial charge in [0.2, 0.25) is 0 Å². The molecule has 7 nitrogen and oxygen atoms in total. The molecule has 0 saturated carbocycles. The van der Waals surface area contributed by atoms with Crippen LogP contribution < -0.4 is 10.6 Å². The van der Waals surface area contributed by atoms with E-state index < -0.39 is 18.0 Å². The van der Waals surface area contributed by atoms with Crippen LogP contribution in [0, 0.1) is 5.92 Å². The number of piperazine rings is 1. The first-order chi connectivity index (χ1) is 9.85. The average Bonchev–Trinajstić information content (AvgIpc) is 2.44. The van der Waals surface area contributed by atoms with E-state index in [-0.39, 0.29) is 12.0 Å². The van der Waals surface area contributed by atoms with Gasteiger partial charge in [-0.1, -0.05) is 20.3 Å². The number of hydrogen-bond donors (Lipinski definition) is 3. The summed E-state index contributed by atoms with van der Waals surface area (Å²) in [5, 5.41) is 14.5. The van der Waals surface area contributed by atoms with Crippen molar-refractivity contribution in [1.29, 1.82) is 0 Å². The maximum Gasteiger partial charge on any atom is 0.326 e. The summed E-state index contributed by atoms with van der Waals surface area (Å²) in [6.45, 7) is 7.13. The largest absolute Gasteiger partial charge is 0.480 e. The minimum atomic E-state index is -0.992. The Kier molecular flexibility index (Phi) is 6.91. The second kappa shape index (κ2) is 8.19. The Balaban J connectivity index is 2.43. The highest BCUT2D eigenvalue weighted by Gasteiger charge is 2.26. The third kappa shape index (κ3) is 5.51. The van der Waals surface area contributed by atoms with Crippen LogP contribution in [0.2, 0.25) is 0 Å². The number of hydrogen-bond acceptors (Lipinski definition) is 4. The van der Waals surface area contributed by atoms with Crippen molar-refractivity contribution in [3.05, 3.63) is 0 Å². The fourth-order valence-corrected chi connectivity index (χ4v) is 2.41. The summed E-state index contributed by atoms with van der Waals surface area (Å²) < 4.78 is 0. The molecule has 1 saturated heterocycles. The molecule has 1 rings (SSSR count). The van der Waals surface area contributed by atoms with Gasteiger partial charge in [0.05, 0.1) is 0 Å². The number of carboxylic acid groups (broad SMARTS) is 1. The van der Waals surface area contributed by atoms with Crippen LogP contribution in [0.1, 0.15) is 20.3 Å². The average molecular weight is 300 g/mol. The number of urea groups is 1. The standard InChI is InChI=1S/C14H28N4O3/c1-5-10(2)12(13(19)20)16-14(21)15-8-11-9-17(3)6-7-18(11)4/h10-12H,5-9H2,1-4H3,(H,19,20)(H2,15,16,21)/t10-,11?,12-/m0/s1. The van der Waals surface area contributed by atoms with Gasteiger partial charge in [-0.05, 0) is 20.0 Å². The van der Waals surface area contributed by atoms with E-state index in [1.165, 1.54) is 0 Å². The topological polar surface area (TPSA) is 84.9 Å². The molecule has 1 aliphatic heterocycles. The molecule has 7 heteroatoms. The molecule has 1 fully saturated rings. The molecule has 3 N–H and O–H groups in total. The first-order valence-electron chi connectivity index (χ1n) is 7.51. The molecule has 0 radical (unpaired) electrons. The normalized spacial score (nSPS) is 23.3. The van der Waals surface area contributed by atoms with Gasteiger partial charge in [-0.3, -0.25) is 4.90 Å². The van der Waals surface area contributed by atoms with Crippen LogP contribution in [0.25, 0.3) is 0 Å². The second-order valence-electron chi connectivity index (χ2n) is 5.95. The summed E-state index contributed by atoms with van der Waals surface area (Å²) in [6.07, 6.45) is 0.702. The lowest BCUT2D eigenvalue weighted by Crippen LogP contribution is -2.56. The summed E-state index contributed by atoms with van der Waals surface area (Å²) in [6, 6.07) is -1.01. The zero-order valence-corrected chi connectivity index (χ0v) is 13.4. The van der Waals surface area contributed by atoms with Crippen LogP contribution in [0.4, 0.5) is 4.79 Å². The quantitative estimate of drug-likeness (QED) is 0.644. The second-order valence-corrected chi connectivity index (χ2v) is 5.95. The molecule has 3 atom stereocenters. The molecule has 1 unspecified atom stereocenters. The Hall–Kier alpha value is -1.34. The Morgan fingerprint density at radius 3 is 2.57 bits per heavy atom. The Bertz CT molecular complexity index is 364. The molecule has 1 heterocycles. The van der Waals surface area contributed by atoms with E-state index in [1.807, 2.05) is 20.9 Å². The van der Waals surface area contributed by atoms with Crippen LogP contribution in [0.15, 0.2) is 0 Å². The maximum atomic E-state index is 11.9. The molecule has 2 amide bonds. The minimum absolute atomic E-state index is 0.100. The van der Waals surface area contributed by atoms with Gasteiger partial charge < -0.3 is 20.6 Å². The van der Waals surface area contributed by atoms with Crippen molar-refractivity contribution in [2.45, 2.75) is 32.4 Å². The number of nitrogens with one attached hydrogen (secondary N) is 2. The van der Waals surface area contributed by atoms with Gasteiger partial charge in [0, 0.05) is 32.2 Å². The van der Waals surface area contributed by atoms with E-state index in [9.17, 15) is 9.59 Å². The Morgan fingerprint density at radius 2 is 2.00 bits per heavy atom. The Labute approximate surface area is 126 Å². The van der Waals surface area contributed by atoms with E-state index in [4.69, 9.17) is 5.11 Å². The number of amides is 2. The molecule has 0 aromatic heterocycles. The third-order valence-corrected chi connectivity index (χ3v) is 4.24. The highest BCUT2D eigenvalue weighted by atomic mass is 16.4.